The van der Waals surface area contributed by atoms with Crippen LogP contribution in [0.1, 0.15) is 30.9 Å². The highest BCUT2D eigenvalue weighted by atomic mass is 16.4. The Morgan fingerprint density at radius 1 is 1.38 bits per heavy atom. The Morgan fingerprint density at radius 2 is 2.14 bits per heavy atom. The van der Waals surface area contributed by atoms with Crippen LogP contribution in [0.4, 0.5) is 0 Å². The van der Waals surface area contributed by atoms with E-state index in [2.05, 4.69) is 10.3 Å². The molecular weight excluding hydrogens is 268 g/mol. The molecule has 5 nitrogen and oxygen atoms in total. The number of hydrogen-bond acceptors (Lipinski definition) is 2. The van der Waals surface area contributed by atoms with Crippen LogP contribution in [0.3, 0.4) is 0 Å². The summed E-state index contributed by atoms with van der Waals surface area (Å²) in [6.45, 7) is 3.90. The average molecular weight is 288 g/mol. The van der Waals surface area contributed by atoms with Gasteiger partial charge in [0.05, 0.1) is 6.42 Å². The standard InChI is InChI=1S/C16H20N2O3/c1-3-5-13(16(20)21)18-14(19)8-11-9-17-15-10(2)6-4-7-12(11)15/h4,6-7,9,13,17H,3,5,8H2,1-2H3,(H,18,19)(H,20,21). The van der Waals surface area contributed by atoms with E-state index in [0.717, 1.165) is 22.0 Å². The molecule has 2 rings (SSSR count). The number of hydrogen-bond donors (Lipinski definition) is 3. The number of carbonyl (C=O) groups excluding carboxylic acids is 1. The second-order valence-electron chi connectivity index (χ2n) is 5.24. The van der Waals surface area contributed by atoms with Gasteiger partial charge in [0, 0.05) is 17.1 Å². The number of fused-ring (bicyclic) bond motifs is 1. The summed E-state index contributed by atoms with van der Waals surface area (Å²) in [4.78, 5) is 26.3. The maximum atomic E-state index is 12.0. The van der Waals surface area contributed by atoms with E-state index in [9.17, 15) is 9.59 Å². The average Bonchev–Trinajstić information content (AvgIpc) is 2.83. The summed E-state index contributed by atoms with van der Waals surface area (Å²) in [5, 5.41) is 12.7. The van der Waals surface area contributed by atoms with Gasteiger partial charge in [-0.15, -0.1) is 0 Å². The molecule has 5 heteroatoms. The maximum absolute atomic E-state index is 12.0. The molecule has 1 amide bonds. The summed E-state index contributed by atoms with van der Waals surface area (Å²) in [6, 6.07) is 5.10. The number of amides is 1. The summed E-state index contributed by atoms with van der Waals surface area (Å²) in [7, 11) is 0. The predicted molar refractivity (Wildman–Crippen MR) is 81.2 cm³/mol. The third kappa shape index (κ3) is 3.42. The molecule has 0 aliphatic rings. The van der Waals surface area contributed by atoms with E-state index in [-0.39, 0.29) is 12.3 Å². The fourth-order valence-electron chi connectivity index (χ4n) is 2.47. The third-order valence-electron chi connectivity index (χ3n) is 3.57. The number of carboxylic acids is 1. The van der Waals surface area contributed by atoms with Crippen molar-refractivity contribution in [3.05, 3.63) is 35.5 Å². The second kappa shape index (κ2) is 6.43. The Kier molecular flexibility index (Phi) is 4.62. The summed E-state index contributed by atoms with van der Waals surface area (Å²) in [6.07, 6.45) is 3.14. The number of benzene rings is 1. The zero-order chi connectivity index (χ0) is 15.4. The molecule has 3 N–H and O–H groups in total. The smallest absolute Gasteiger partial charge is 0.326 e. The van der Waals surface area contributed by atoms with Crippen LogP contribution in [0.25, 0.3) is 10.9 Å². The molecule has 1 atom stereocenters. The number of aliphatic carboxylic acids is 1. The van der Waals surface area contributed by atoms with Crippen LogP contribution in [-0.4, -0.2) is 28.0 Å². The van der Waals surface area contributed by atoms with Gasteiger partial charge in [-0.25, -0.2) is 4.79 Å². The molecule has 0 spiro atoms. The van der Waals surface area contributed by atoms with Crippen molar-refractivity contribution in [1.29, 1.82) is 0 Å². The summed E-state index contributed by atoms with van der Waals surface area (Å²) < 4.78 is 0. The van der Waals surface area contributed by atoms with Gasteiger partial charge in [-0.2, -0.15) is 0 Å². The van der Waals surface area contributed by atoms with Crippen molar-refractivity contribution in [3.63, 3.8) is 0 Å². The van der Waals surface area contributed by atoms with Gasteiger partial charge in [-0.1, -0.05) is 31.5 Å². The minimum absolute atomic E-state index is 0.178. The van der Waals surface area contributed by atoms with Crippen molar-refractivity contribution in [2.75, 3.05) is 0 Å². The molecule has 0 saturated heterocycles. The SMILES string of the molecule is CCCC(NC(=O)Cc1c[nH]c2c(C)cccc12)C(=O)O. The number of carbonyl (C=O) groups is 2. The molecule has 1 aromatic carbocycles. The molecule has 1 unspecified atom stereocenters. The van der Waals surface area contributed by atoms with Crippen molar-refractivity contribution < 1.29 is 14.7 Å². The highest BCUT2D eigenvalue weighted by Crippen LogP contribution is 2.21. The van der Waals surface area contributed by atoms with Gasteiger partial charge in [0.1, 0.15) is 6.04 Å². The van der Waals surface area contributed by atoms with Gasteiger partial charge in [0.15, 0.2) is 0 Å². The van der Waals surface area contributed by atoms with E-state index in [1.165, 1.54) is 0 Å². The lowest BCUT2D eigenvalue weighted by atomic mass is 10.1. The lowest BCUT2D eigenvalue weighted by molar-refractivity contribution is -0.141. The van der Waals surface area contributed by atoms with E-state index in [4.69, 9.17) is 5.11 Å². The first-order valence-corrected chi connectivity index (χ1v) is 7.10. The first-order chi connectivity index (χ1) is 10.0. The Bertz CT molecular complexity index is 661. The largest absolute Gasteiger partial charge is 0.480 e. The topological polar surface area (TPSA) is 82.2 Å². The van der Waals surface area contributed by atoms with Gasteiger partial charge in [-0.3, -0.25) is 4.79 Å². The first kappa shape index (κ1) is 15.1. The monoisotopic (exact) mass is 288 g/mol. The van der Waals surface area contributed by atoms with Crippen LogP contribution >= 0.6 is 0 Å². The van der Waals surface area contributed by atoms with Crippen LogP contribution < -0.4 is 5.32 Å². The molecule has 2 aromatic rings. The highest BCUT2D eigenvalue weighted by molar-refractivity contribution is 5.91. The maximum Gasteiger partial charge on any atom is 0.326 e. The van der Waals surface area contributed by atoms with Gasteiger partial charge in [0.25, 0.3) is 0 Å². The van der Waals surface area contributed by atoms with Gasteiger partial charge < -0.3 is 15.4 Å². The molecule has 0 saturated carbocycles. The van der Waals surface area contributed by atoms with Crippen LogP contribution in [0, 0.1) is 6.92 Å². The molecule has 0 aliphatic heterocycles. The number of aromatic amines is 1. The van der Waals surface area contributed by atoms with E-state index in [1.807, 2.05) is 38.2 Å². The van der Waals surface area contributed by atoms with Gasteiger partial charge in [-0.05, 0) is 24.5 Å². The van der Waals surface area contributed by atoms with E-state index < -0.39 is 12.0 Å². The number of H-pyrrole nitrogens is 1. The van der Waals surface area contributed by atoms with E-state index in [1.54, 1.807) is 0 Å². The zero-order valence-electron chi connectivity index (χ0n) is 12.3. The normalized spacial score (nSPS) is 12.3. The van der Waals surface area contributed by atoms with Crippen LogP contribution in [0.5, 0.6) is 0 Å². The summed E-state index contributed by atoms with van der Waals surface area (Å²) in [5.74, 6) is -1.25. The van der Waals surface area contributed by atoms with Gasteiger partial charge >= 0.3 is 5.97 Å². The molecule has 1 heterocycles. The second-order valence-corrected chi connectivity index (χ2v) is 5.24. The molecule has 0 radical (unpaired) electrons. The molecule has 21 heavy (non-hydrogen) atoms. The van der Waals surface area contributed by atoms with Crippen molar-refractivity contribution in [1.82, 2.24) is 10.3 Å². The number of nitrogens with one attached hydrogen (secondary N) is 2. The fourth-order valence-corrected chi connectivity index (χ4v) is 2.47. The minimum atomic E-state index is -0.986. The van der Waals surface area contributed by atoms with Crippen molar-refractivity contribution in [3.8, 4) is 0 Å². The Balaban J connectivity index is 2.11. The number of aromatic nitrogens is 1. The summed E-state index contributed by atoms with van der Waals surface area (Å²) in [5.41, 5.74) is 3.02. The van der Waals surface area contributed by atoms with E-state index in [0.29, 0.717) is 12.8 Å². The predicted octanol–water partition coefficient (Wildman–Crippen LogP) is 2.39. The quantitative estimate of drug-likeness (QED) is 0.763. The first-order valence-electron chi connectivity index (χ1n) is 7.10. The lowest BCUT2D eigenvalue weighted by Crippen LogP contribution is -2.41. The number of rotatable bonds is 6. The summed E-state index contributed by atoms with van der Waals surface area (Å²) >= 11 is 0. The Morgan fingerprint density at radius 3 is 2.81 bits per heavy atom. The molecule has 0 aliphatic carbocycles. The highest BCUT2D eigenvalue weighted by Gasteiger charge is 2.19. The molecule has 112 valence electrons. The fraction of sp³-hybridized carbons (Fsp3) is 0.375. The van der Waals surface area contributed by atoms with E-state index >= 15 is 0 Å². The third-order valence-corrected chi connectivity index (χ3v) is 3.57. The molecule has 0 fully saturated rings. The molecular formula is C16H20N2O3. The van der Waals surface area contributed by atoms with Crippen LogP contribution in [0.15, 0.2) is 24.4 Å². The molecule has 1 aromatic heterocycles. The Hall–Kier alpha value is -2.30. The zero-order valence-corrected chi connectivity index (χ0v) is 12.3. The van der Waals surface area contributed by atoms with Crippen molar-refractivity contribution in [2.24, 2.45) is 0 Å². The minimum Gasteiger partial charge on any atom is -0.480 e. The lowest BCUT2D eigenvalue weighted by Gasteiger charge is -2.13. The number of aryl methyl sites for hydroxylation is 1. The van der Waals surface area contributed by atoms with Crippen molar-refractivity contribution in [2.45, 2.75) is 39.2 Å². The van der Waals surface area contributed by atoms with Crippen LogP contribution in [-0.2, 0) is 16.0 Å². The van der Waals surface area contributed by atoms with Crippen LogP contribution in [0.2, 0.25) is 0 Å². The van der Waals surface area contributed by atoms with Gasteiger partial charge in [0.2, 0.25) is 5.91 Å². The number of carboxylic acid groups (broad SMARTS) is 1. The molecule has 0 bridgehead atoms. The number of para-hydroxylation sites is 1. The van der Waals surface area contributed by atoms with Crippen molar-refractivity contribution >= 4 is 22.8 Å². The Labute approximate surface area is 123 Å².